The third-order valence-electron chi connectivity index (χ3n) is 3.87. The summed E-state index contributed by atoms with van der Waals surface area (Å²) >= 11 is 0. The van der Waals surface area contributed by atoms with Gasteiger partial charge in [0.05, 0.1) is 0 Å². The van der Waals surface area contributed by atoms with Crippen molar-refractivity contribution in [2.45, 2.75) is 58.2 Å². The number of nitrogens with zero attached hydrogens (tertiary/aromatic N) is 1. The summed E-state index contributed by atoms with van der Waals surface area (Å²) < 4.78 is 5.30. The molecule has 1 aliphatic heterocycles. The molecule has 5 heteroatoms. The fraction of sp³-hybridized carbons (Fsp3) is 0.688. The average Bonchev–Trinajstić information content (AvgIpc) is 2.90. The molecule has 5 nitrogen and oxygen atoms in total. The maximum Gasteiger partial charge on any atom is 0.407 e. The molecule has 1 aliphatic rings. The van der Waals surface area contributed by atoms with E-state index < -0.39 is 5.60 Å². The van der Waals surface area contributed by atoms with Gasteiger partial charge in [0.25, 0.3) is 0 Å². The van der Waals surface area contributed by atoms with E-state index in [0.29, 0.717) is 6.04 Å². The van der Waals surface area contributed by atoms with Crippen molar-refractivity contribution in [2.24, 2.45) is 0 Å². The molecule has 0 unspecified atom stereocenters. The van der Waals surface area contributed by atoms with Crippen molar-refractivity contribution in [1.29, 1.82) is 0 Å². The Labute approximate surface area is 127 Å². The zero-order valence-electron chi connectivity index (χ0n) is 13.5. The van der Waals surface area contributed by atoms with Gasteiger partial charge in [0.1, 0.15) is 5.60 Å². The average molecular weight is 293 g/mol. The van der Waals surface area contributed by atoms with Gasteiger partial charge < -0.3 is 15.0 Å². The predicted octanol–water partition coefficient (Wildman–Crippen LogP) is 3.06. The molecular weight excluding hydrogens is 266 g/mol. The standard InChI is InChI=1S/C16H27N3O2/c1-12(14-6-5-9-17-14)19-10-7-13(8-11-19)18-15(20)21-16(2,3)4/h5-6,9,12-13,17H,7-8,10-11H2,1-4H3,(H,18,20)/t12-/m1/s1. The molecule has 0 saturated carbocycles. The highest BCUT2D eigenvalue weighted by Gasteiger charge is 2.26. The van der Waals surface area contributed by atoms with Gasteiger partial charge in [-0.3, -0.25) is 4.90 Å². The summed E-state index contributed by atoms with van der Waals surface area (Å²) in [5.74, 6) is 0. The molecule has 1 fully saturated rings. The molecule has 1 aromatic rings. The summed E-state index contributed by atoms with van der Waals surface area (Å²) in [6, 6.07) is 4.76. The SMILES string of the molecule is C[C@H](c1ccc[nH]1)N1CCC(NC(=O)OC(C)(C)C)CC1. The summed E-state index contributed by atoms with van der Waals surface area (Å²) in [5.41, 5.74) is 0.806. The first-order valence-electron chi connectivity index (χ1n) is 7.72. The van der Waals surface area contributed by atoms with Crippen LogP contribution in [-0.4, -0.2) is 40.7 Å². The Bertz CT molecular complexity index is 443. The number of aromatic amines is 1. The van der Waals surface area contributed by atoms with Crippen molar-refractivity contribution in [1.82, 2.24) is 15.2 Å². The number of H-pyrrole nitrogens is 1. The summed E-state index contributed by atoms with van der Waals surface area (Å²) in [6.45, 7) is 9.84. The molecule has 118 valence electrons. The van der Waals surface area contributed by atoms with Gasteiger partial charge in [-0.15, -0.1) is 0 Å². The monoisotopic (exact) mass is 293 g/mol. The molecule has 1 saturated heterocycles. The van der Waals surface area contributed by atoms with Crippen molar-refractivity contribution in [2.75, 3.05) is 13.1 Å². The number of alkyl carbamates (subject to hydrolysis) is 1. The van der Waals surface area contributed by atoms with Crippen molar-refractivity contribution < 1.29 is 9.53 Å². The van der Waals surface area contributed by atoms with E-state index >= 15 is 0 Å². The zero-order valence-corrected chi connectivity index (χ0v) is 13.5. The van der Waals surface area contributed by atoms with E-state index in [0.717, 1.165) is 25.9 Å². The number of aromatic nitrogens is 1. The smallest absolute Gasteiger partial charge is 0.407 e. The van der Waals surface area contributed by atoms with Gasteiger partial charge in [-0.1, -0.05) is 0 Å². The highest BCUT2D eigenvalue weighted by molar-refractivity contribution is 5.68. The normalized spacial score (nSPS) is 19.2. The summed E-state index contributed by atoms with van der Waals surface area (Å²) in [7, 11) is 0. The second-order valence-electron chi connectivity index (χ2n) is 6.76. The van der Waals surface area contributed by atoms with Crippen molar-refractivity contribution in [3.8, 4) is 0 Å². The Morgan fingerprint density at radius 1 is 1.43 bits per heavy atom. The van der Waals surface area contributed by atoms with Gasteiger partial charge in [-0.05, 0) is 52.7 Å². The van der Waals surface area contributed by atoms with E-state index in [9.17, 15) is 4.79 Å². The number of ether oxygens (including phenoxy) is 1. The maximum absolute atomic E-state index is 11.8. The number of hydrogen-bond acceptors (Lipinski definition) is 3. The lowest BCUT2D eigenvalue weighted by atomic mass is 10.0. The number of amides is 1. The minimum atomic E-state index is -0.438. The van der Waals surface area contributed by atoms with Crippen LogP contribution in [0.5, 0.6) is 0 Å². The van der Waals surface area contributed by atoms with Crippen molar-refractivity contribution in [3.63, 3.8) is 0 Å². The van der Waals surface area contributed by atoms with Crippen molar-refractivity contribution >= 4 is 6.09 Å². The molecule has 0 spiro atoms. The third-order valence-corrected chi connectivity index (χ3v) is 3.87. The van der Waals surface area contributed by atoms with Gasteiger partial charge in [-0.2, -0.15) is 0 Å². The van der Waals surface area contributed by atoms with Gasteiger partial charge in [0.15, 0.2) is 0 Å². The Balaban J connectivity index is 1.77. The van der Waals surface area contributed by atoms with Crippen LogP contribution in [0.15, 0.2) is 18.3 Å². The third kappa shape index (κ3) is 4.77. The van der Waals surface area contributed by atoms with Crippen LogP contribution in [0.1, 0.15) is 52.3 Å². The Hall–Kier alpha value is -1.49. The van der Waals surface area contributed by atoms with Crippen LogP contribution in [0.3, 0.4) is 0 Å². The first-order chi connectivity index (χ1) is 9.85. The van der Waals surface area contributed by atoms with E-state index in [-0.39, 0.29) is 12.1 Å². The lowest BCUT2D eigenvalue weighted by Gasteiger charge is -2.36. The molecule has 2 heterocycles. The highest BCUT2D eigenvalue weighted by atomic mass is 16.6. The van der Waals surface area contributed by atoms with E-state index in [1.807, 2.05) is 33.0 Å². The second-order valence-corrected chi connectivity index (χ2v) is 6.76. The maximum atomic E-state index is 11.8. The van der Waals surface area contributed by atoms with Crippen molar-refractivity contribution in [3.05, 3.63) is 24.0 Å². The Morgan fingerprint density at radius 3 is 2.62 bits per heavy atom. The number of rotatable bonds is 3. The lowest BCUT2D eigenvalue weighted by Crippen LogP contribution is -2.46. The van der Waals surface area contributed by atoms with Crippen LogP contribution in [0.2, 0.25) is 0 Å². The Kier molecular flexibility index (Phi) is 4.93. The quantitative estimate of drug-likeness (QED) is 0.900. The Morgan fingerprint density at radius 2 is 2.10 bits per heavy atom. The summed E-state index contributed by atoms with van der Waals surface area (Å²) in [5, 5.41) is 2.97. The first-order valence-corrected chi connectivity index (χ1v) is 7.72. The second kappa shape index (κ2) is 6.52. The minimum absolute atomic E-state index is 0.215. The molecule has 2 N–H and O–H groups in total. The molecule has 0 bridgehead atoms. The highest BCUT2D eigenvalue weighted by Crippen LogP contribution is 2.23. The number of likely N-dealkylation sites (tertiary alicyclic amines) is 1. The number of hydrogen-bond donors (Lipinski definition) is 2. The summed E-state index contributed by atoms with van der Waals surface area (Å²) in [6.07, 6.45) is 3.58. The van der Waals surface area contributed by atoms with Gasteiger partial charge in [0.2, 0.25) is 0 Å². The molecule has 0 radical (unpaired) electrons. The lowest BCUT2D eigenvalue weighted by molar-refractivity contribution is 0.0469. The van der Waals surface area contributed by atoms with Crippen LogP contribution in [0.4, 0.5) is 4.79 Å². The van der Waals surface area contributed by atoms with E-state index in [1.54, 1.807) is 0 Å². The largest absolute Gasteiger partial charge is 0.444 e. The summed E-state index contributed by atoms with van der Waals surface area (Å²) in [4.78, 5) is 17.5. The number of carbonyl (C=O) groups excluding carboxylic acids is 1. The fourth-order valence-electron chi connectivity index (χ4n) is 2.71. The number of nitrogens with one attached hydrogen (secondary N) is 2. The van der Waals surface area contributed by atoms with E-state index in [1.165, 1.54) is 5.69 Å². The molecule has 0 aliphatic carbocycles. The first kappa shape index (κ1) is 15.9. The van der Waals surface area contributed by atoms with Crippen LogP contribution < -0.4 is 5.32 Å². The molecule has 1 amide bonds. The number of carbonyl (C=O) groups is 1. The topological polar surface area (TPSA) is 57.4 Å². The van der Waals surface area contributed by atoms with Crippen LogP contribution in [-0.2, 0) is 4.74 Å². The van der Waals surface area contributed by atoms with Gasteiger partial charge >= 0.3 is 6.09 Å². The molecule has 1 aromatic heterocycles. The van der Waals surface area contributed by atoms with E-state index in [4.69, 9.17) is 4.74 Å². The fourth-order valence-corrected chi connectivity index (χ4v) is 2.71. The van der Waals surface area contributed by atoms with Gasteiger partial charge in [0, 0.05) is 37.1 Å². The van der Waals surface area contributed by atoms with Crippen LogP contribution in [0.25, 0.3) is 0 Å². The molecule has 21 heavy (non-hydrogen) atoms. The van der Waals surface area contributed by atoms with Crippen LogP contribution >= 0.6 is 0 Å². The van der Waals surface area contributed by atoms with Gasteiger partial charge in [-0.25, -0.2) is 4.79 Å². The molecule has 0 aromatic carbocycles. The minimum Gasteiger partial charge on any atom is -0.444 e. The zero-order chi connectivity index (χ0) is 15.5. The van der Waals surface area contributed by atoms with Crippen LogP contribution in [0, 0.1) is 0 Å². The number of piperidine rings is 1. The van der Waals surface area contributed by atoms with E-state index in [2.05, 4.69) is 28.2 Å². The predicted molar refractivity (Wildman–Crippen MR) is 83.2 cm³/mol. The molecule has 1 atom stereocenters. The molecular formula is C16H27N3O2. The molecule has 2 rings (SSSR count).